The summed E-state index contributed by atoms with van der Waals surface area (Å²) in [6.45, 7) is 4.76. The van der Waals surface area contributed by atoms with Gasteiger partial charge in [0, 0.05) is 27.7 Å². The van der Waals surface area contributed by atoms with Crippen molar-refractivity contribution < 1.29 is 14.3 Å². The first kappa shape index (κ1) is 25.2. The molecule has 34 heavy (non-hydrogen) atoms. The van der Waals surface area contributed by atoms with Crippen molar-refractivity contribution in [3.63, 3.8) is 0 Å². The molecule has 0 aliphatic rings. The molecular formula is C27H24Cl2N2O3. The molecule has 0 aliphatic heterocycles. The van der Waals surface area contributed by atoms with E-state index in [2.05, 4.69) is 5.32 Å². The Bertz CT molecular complexity index is 1230. The SMILES string of the molecule is CCOc1ccc(NC(=O)/C(C#N)=C/c2cc(Cl)c(Cc3ccccc3Cl)c(OCC)c2)cc1. The molecule has 1 N–H and O–H groups in total. The second-order valence-electron chi connectivity index (χ2n) is 7.26. The molecule has 0 atom stereocenters. The van der Waals surface area contributed by atoms with Gasteiger partial charge in [0.05, 0.1) is 13.2 Å². The van der Waals surface area contributed by atoms with E-state index in [1.54, 1.807) is 36.4 Å². The molecule has 0 bridgehead atoms. The summed E-state index contributed by atoms with van der Waals surface area (Å²) in [5.41, 5.74) is 2.77. The molecule has 3 aromatic rings. The lowest BCUT2D eigenvalue weighted by atomic mass is 10.0. The Morgan fingerprint density at radius 3 is 2.35 bits per heavy atom. The quantitative estimate of drug-likeness (QED) is 0.258. The van der Waals surface area contributed by atoms with Crippen molar-refractivity contribution in [3.05, 3.63) is 93.0 Å². The van der Waals surface area contributed by atoms with Gasteiger partial charge in [-0.25, -0.2) is 0 Å². The number of hydrogen-bond acceptors (Lipinski definition) is 4. The number of nitriles is 1. The number of hydrogen-bond donors (Lipinski definition) is 1. The molecule has 0 aromatic heterocycles. The molecule has 1 amide bonds. The van der Waals surface area contributed by atoms with Crippen LogP contribution in [0.15, 0.2) is 66.2 Å². The summed E-state index contributed by atoms with van der Waals surface area (Å²) < 4.78 is 11.2. The Labute approximate surface area is 209 Å². The predicted octanol–water partition coefficient (Wildman–Crippen LogP) is 6.93. The predicted molar refractivity (Wildman–Crippen MR) is 137 cm³/mol. The highest BCUT2D eigenvalue weighted by Gasteiger charge is 2.15. The van der Waals surface area contributed by atoms with Crippen LogP contribution in [0.5, 0.6) is 11.5 Å². The number of nitrogens with one attached hydrogen (secondary N) is 1. The van der Waals surface area contributed by atoms with Gasteiger partial charge in [-0.05, 0) is 73.5 Å². The van der Waals surface area contributed by atoms with Crippen molar-refractivity contribution in [1.82, 2.24) is 0 Å². The van der Waals surface area contributed by atoms with E-state index in [-0.39, 0.29) is 5.57 Å². The van der Waals surface area contributed by atoms with E-state index in [1.165, 1.54) is 6.08 Å². The topological polar surface area (TPSA) is 71.3 Å². The Morgan fingerprint density at radius 1 is 1.00 bits per heavy atom. The summed E-state index contributed by atoms with van der Waals surface area (Å²) in [6, 6.07) is 19.9. The summed E-state index contributed by atoms with van der Waals surface area (Å²) >= 11 is 12.9. The number of anilines is 1. The number of amides is 1. The lowest BCUT2D eigenvalue weighted by Gasteiger charge is -2.14. The number of halogens is 2. The largest absolute Gasteiger partial charge is 0.494 e. The van der Waals surface area contributed by atoms with Gasteiger partial charge in [-0.2, -0.15) is 5.26 Å². The Kier molecular flexibility index (Phi) is 8.98. The molecule has 0 unspecified atom stereocenters. The van der Waals surface area contributed by atoms with Crippen LogP contribution >= 0.6 is 23.2 Å². The van der Waals surface area contributed by atoms with Crippen molar-refractivity contribution in [2.75, 3.05) is 18.5 Å². The highest BCUT2D eigenvalue weighted by molar-refractivity contribution is 6.32. The van der Waals surface area contributed by atoms with Crippen LogP contribution in [0.3, 0.4) is 0 Å². The van der Waals surface area contributed by atoms with Gasteiger partial charge in [-0.3, -0.25) is 4.79 Å². The lowest BCUT2D eigenvalue weighted by molar-refractivity contribution is -0.112. The summed E-state index contributed by atoms with van der Waals surface area (Å²) in [5.74, 6) is 0.748. The molecule has 0 aliphatic carbocycles. The zero-order valence-corrected chi connectivity index (χ0v) is 20.4. The fourth-order valence-corrected chi connectivity index (χ4v) is 3.81. The third-order valence-corrected chi connectivity index (χ3v) is 5.61. The molecule has 0 saturated carbocycles. The van der Waals surface area contributed by atoms with Crippen molar-refractivity contribution in [2.45, 2.75) is 20.3 Å². The molecule has 7 heteroatoms. The maximum atomic E-state index is 12.7. The molecule has 0 heterocycles. The zero-order valence-electron chi connectivity index (χ0n) is 18.9. The minimum atomic E-state index is -0.527. The van der Waals surface area contributed by atoms with E-state index in [0.29, 0.717) is 52.4 Å². The number of rotatable bonds is 9. The second-order valence-corrected chi connectivity index (χ2v) is 8.08. The summed E-state index contributed by atoms with van der Waals surface area (Å²) in [7, 11) is 0. The average molecular weight is 495 g/mol. The molecule has 0 fully saturated rings. The van der Waals surface area contributed by atoms with Crippen LogP contribution in [0.4, 0.5) is 5.69 Å². The normalized spacial score (nSPS) is 11.0. The zero-order chi connectivity index (χ0) is 24.5. The van der Waals surface area contributed by atoms with E-state index >= 15 is 0 Å². The number of nitrogens with zero attached hydrogens (tertiary/aromatic N) is 1. The Balaban J connectivity index is 1.86. The van der Waals surface area contributed by atoms with E-state index in [9.17, 15) is 10.1 Å². The maximum Gasteiger partial charge on any atom is 0.266 e. The monoisotopic (exact) mass is 494 g/mol. The summed E-state index contributed by atoms with van der Waals surface area (Å²) in [4.78, 5) is 12.7. The van der Waals surface area contributed by atoms with Crippen molar-refractivity contribution in [1.29, 1.82) is 5.26 Å². The molecule has 174 valence electrons. The third-order valence-electron chi connectivity index (χ3n) is 4.90. The van der Waals surface area contributed by atoms with Gasteiger partial charge in [0.1, 0.15) is 23.1 Å². The van der Waals surface area contributed by atoms with Gasteiger partial charge in [0.15, 0.2) is 0 Å². The smallest absolute Gasteiger partial charge is 0.266 e. The molecule has 3 rings (SSSR count). The maximum absolute atomic E-state index is 12.7. The van der Waals surface area contributed by atoms with Crippen LogP contribution in [0.25, 0.3) is 6.08 Å². The first-order valence-corrected chi connectivity index (χ1v) is 11.5. The van der Waals surface area contributed by atoms with Crippen molar-refractivity contribution in [2.24, 2.45) is 0 Å². The van der Waals surface area contributed by atoms with Gasteiger partial charge in [-0.1, -0.05) is 41.4 Å². The average Bonchev–Trinajstić information content (AvgIpc) is 2.82. The lowest BCUT2D eigenvalue weighted by Crippen LogP contribution is -2.13. The molecule has 0 radical (unpaired) electrons. The van der Waals surface area contributed by atoms with Crippen LogP contribution in [-0.2, 0) is 11.2 Å². The van der Waals surface area contributed by atoms with Crippen LogP contribution in [-0.4, -0.2) is 19.1 Å². The van der Waals surface area contributed by atoms with E-state index in [1.807, 2.05) is 44.2 Å². The first-order valence-electron chi connectivity index (χ1n) is 10.8. The molecule has 0 spiro atoms. The fourth-order valence-electron chi connectivity index (χ4n) is 3.32. The fraction of sp³-hybridized carbons (Fsp3) is 0.185. The van der Waals surface area contributed by atoms with E-state index in [4.69, 9.17) is 32.7 Å². The van der Waals surface area contributed by atoms with Crippen molar-refractivity contribution >= 4 is 40.9 Å². The van der Waals surface area contributed by atoms with Crippen LogP contribution in [0.2, 0.25) is 10.0 Å². The Hall–Kier alpha value is -3.46. The van der Waals surface area contributed by atoms with E-state index in [0.717, 1.165) is 11.1 Å². The Morgan fingerprint density at radius 2 is 1.71 bits per heavy atom. The summed E-state index contributed by atoms with van der Waals surface area (Å²) in [5, 5.41) is 13.4. The van der Waals surface area contributed by atoms with Gasteiger partial charge in [0.2, 0.25) is 0 Å². The molecule has 3 aromatic carbocycles. The highest BCUT2D eigenvalue weighted by atomic mass is 35.5. The van der Waals surface area contributed by atoms with Crippen LogP contribution in [0, 0.1) is 11.3 Å². The third kappa shape index (κ3) is 6.54. The number of carbonyl (C=O) groups is 1. The number of ether oxygens (including phenoxy) is 2. The second kappa shape index (κ2) is 12.1. The molecule has 5 nitrogen and oxygen atoms in total. The van der Waals surface area contributed by atoms with E-state index < -0.39 is 5.91 Å². The highest BCUT2D eigenvalue weighted by Crippen LogP contribution is 2.33. The summed E-state index contributed by atoms with van der Waals surface area (Å²) in [6.07, 6.45) is 1.97. The minimum Gasteiger partial charge on any atom is -0.494 e. The van der Waals surface area contributed by atoms with Gasteiger partial charge >= 0.3 is 0 Å². The molecule has 0 saturated heterocycles. The standard InChI is InChI=1S/C27H24Cl2N2O3/c1-3-33-22-11-9-21(10-12-22)31-27(32)20(17-30)13-18-14-25(29)23(26(15-18)34-4-2)16-19-7-5-6-8-24(19)28/h5-15H,3-4,16H2,1-2H3,(H,31,32)/b20-13+. The van der Waals surface area contributed by atoms with Gasteiger partial charge < -0.3 is 14.8 Å². The van der Waals surface area contributed by atoms with Crippen molar-refractivity contribution in [3.8, 4) is 17.6 Å². The molecular weight excluding hydrogens is 471 g/mol. The number of carbonyl (C=O) groups excluding carboxylic acids is 1. The number of benzene rings is 3. The van der Waals surface area contributed by atoms with Gasteiger partial charge in [-0.15, -0.1) is 0 Å². The van der Waals surface area contributed by atoms with Crippen LogP contribution in [0.1, 0.15) is 30.5 Å². The van der Waals surface area contributed by atoms with Crippen LogP contribution < -0.4 is 14.8 Å². The minimum absolute atomic E-state index is 0.0637. The first-order chi connectivity index (χ1) is 16.4. The van der Waals surface area contributed by atoms with Gasteiger partial charge in [0.25, 0.3) is 5.91 Å².